The van der Waals surface area contributed by atoms with Crippen LogP contribution < -0.4 is 10.1 Å². The fourth-order valence-corrected chi connectivity index (χ4v) is 5.16. The Balaban J connectivity index is 1.47. The number of fused-ring (bicyclic) bond motifs is 3. The van der Waals surface area contributed by atoms with Gasteiger partial charge in [-0.15, -0.1) is 11.3 Å². The third-order valence-corrected chi connectivity index (χ3v) is 6.91. The molecule has 1 aliphatic rings. The van der Waals surface area contributed by atoms with E-state index in [4.69, 9.17) is 4.74 Å². The first-order chi connectivity index (χ1) is 13.0. The number of methoxy groups -OCH3 is 1. The Hall–Kier alpha value is -2.71. The third-order valence-electron chi connectivity index (χ3n) is 4.31. The number of aromatic nitrogens is 1. The van der Waals surface area contributed by atoms with Crippen LogP contribution in [0.25, 0.3) is 11.3 Å². The molecule has 1 heterocycles. The number of carbonyl (C=O) groups excluding carboxylic acids is 1. The summed E-state index contributed by atoms with van der Waals surface area (Å²) in [6.07, 6.45) is 0.781. The predicted octanol–water partition coefficient (Wildman–Crippen LogP) is 3.14. The van der Waals surface area contributed by atoms with E-state index in [-0.39, 0.29) is 4.90 Å². The average molecular weight is 400 g/mol. The van der Waals surface area contributed by atoms with Crippen LogP contribution in [0.15, 0.2) is 53.4 Å². The van der Waals surface area contributed by atoms with E-state index in [9.17, 15) is 13.2 Å². The zero-order valence-electron chi connectivity index (χ0n) is 14.4. The lowest BCUT2D eigenvalue weighted by molar-refractivity contribution is -0.113. The Morgan fingerprint density at radius 1 is 1.19 bits per heavy atom. The Kier molecular flexibility index (Phi) is 4.45. The minimum atomic E-state index is -3.74. The summed E-state index contributed by atoms with van der Waals surface area (Å²) < 4.78 is 29.8. The summed E-state index contributed by atoms with van der Waals surface area (Å²) in [5, 5.41) is 3.04. The number of nitrogens with one attached hydrogen (secondary N) is 1. The van der Waals surface area contributed by atoms with E-state index in [2.05, 4.69) is 16.4 Å². The molecule has 4 rings (SSSR count). The number of benzene rings is 2. The molecule has 0 radical (unpaired) electrons. The number of carbonyl (C=O) groups is 1. The zero-order chi connectivity index (χ0) is 19.0. The number of hydrogen-bond donors (Lipinski definition) is 1. The number of sulfone groups is 1. The molecule has 0 saturated heterocycles. The normalized spacial score (nSPS) is 12.3. The van der Waals surface area contributed by atoms with Crippen molar-refractivity contribution in [3.05, 3.63) is 59.0 Å². The summed E-state index contributed by atoms with van der Waals surface area (Å²) in [6.45, 7) is 0. The van der Waals surface area contributed by atoms with Crippen LogP contribution in [0.5, 0.6) is 5.75 Å². The van der Waals surface area contributed by atoms with Gasteiger partial charge in [0.2, 0.25) is 5.91 Å². The molecule has 0 spiro atoms. The molecule has 0 bridgehead atoms. The summed E-state index contributed by atoms with van der Waals surface area (Å²) >= 11 is 1.38. The van der Waals surface area contributed by atoms with E-state index in [1.54, 1.807) is 12.1 Å². The van der Waals surface area contributed by atoms with Crippen molar-refractivity contribution in [3.8, 4) is 17.0 Å². The van der Waals surface area contributed by atoms with E-state index >= 15 is 0 Å². The second kappa shape index (κ2) is 6.79. The molecule has 3 aromatic rings. The maximum Gasteiger partial charge on any atom is 0.241 e. The highest BCUT2D eigenvalue weighted by Crippen LogP contribution is 2.40. The largest absolute Gasteiger partial charge is 0.497 e. The summed E-state index contributed by atoms with van der Waals surface area (Å²) in [6, 6.07) is 14.0. The first-order valence-corrected chi connectivity index (χ1v) is 10.7. The molecule has 0 saturated carbocycles. The van der Waals surface area contributed by atoms with Gasteiger partial charge in [0.05, 0.1) is 17.7 Å². The molecule has 0 aliphatic heterocycles. The highest BCUT2D eigenvalue weighted by atomic mass is 32.2. The van der Waals surface area contributed by atoms with Crippen LogP contribution in [0.1, 0.15) is 10.4 Å². The van der Waals surface area contributed by atoms with Crippen molar-refractivity contribution in [2.75, 3.05) is 18.2 Å². The SMILES string of the molecule is COc1ccc(S(=O)(=O)CC(=O)Nc2nc3c(s2)Cc2ccccc2-3)cc1. The number of nitrogens with zero attached hydrogens (tertiary/aromatic N) is 1. The molecule has 0 unspecified atom stereocenters. The Morgan fingerprint density at radius 2 is 1.93 bits per heavy atom. The average Bonchev–Trinajstić information content (AvgIpc) is 3.18. The van der Waals surface area contributed by atoms with Crippen molar-refractivity contribution in [1.29, 1.82) is 0 Å². The van der Waals surface area contributed by atoms with Crippen molar-refractivity contribution < 1.29 is 17.9 Å². The molecule has 8 heteroatoms. The summed E-state index contributed by atoms with van der Waals surface area (Å²) in [4.78, 5) is 17.9. The van der Waals surface area contributed by atoms with Gasteiger partial charge in [-0.2, -0.15) is 0 Å². The maximum atomic E-state index is 12.4. The fraction of sp³-hybridized carbons (Fsp3) is 0.158. The van der Waals surface area contributed by atoms with Crippen LogP contribution in [0, 0.1) is 0 Å². The first kappa shape index (κ1) is 17.7. The van der Waals surface area contributed by atoms with Crippen molar-refractivity contribution in [3.63, 3.8) is 0 Å². The lowest BCUT2D eigenvalue weighted by atomic mass is 10.1. The van der Waals surface area contributed by atoms with Gasteiger partial charge < -0.3 is 10.1 Å². The number of rotatable bonds is 5. The van der Waals surface area contributed by atoms with Crippen molar-refractivity contribution in [2.45, 2.75) is 11.3 Å². The number of hydrogen-bond acceptors (Lipinski definition) is 6. The van der Waals surface area contributed by atoms with Crippen LogP contribution in [0.3, 0.4) is 0 Å². The highest BCUT2D eigenvalue weighted by molar-refractivity contribution is 7.92. The smallest absolute Gasteiger partial charge is 0.241 e. The summed E-state index contributed by atoms with van der Waals surface area (Å²) in [7, 11) is -2.24. The molecule has 138 valence electrons. The molecule has 0 fully saturated rings. The summed E-state index contributed by atoms with van der Waals surface area (Å²) in [5.41, 5.74) is 3.14. The van der Waals surface area contributed by atoms with E-state index < -0.39 is 21.5 Å². The topological polar surface area (TPSA) is 85.4 Å². The van der Waals surface area contributed by atoms with Gasteiger partial charge in [-0.25, -0.2) is 13.4 Å². The molecular formula is C19H16N2O4S2. The number of thiazole rings is 1. The van der Waals surface area contributed by atoms with Crippen LogP contribution in [-0.4, -0.2) is 32.2 Å². The van der Waals surface area contributed by atoms with Crippen LogP contribution in [0.2, 0.25) is 0 Å². The van der Waals surface area contributed by atoms with Crippen molar-refractivity contribution in [1.82, 2.24) is 4.98 Å². The van der Waals surface area contributed by atoms with Gasteiger partial charge in [0.1, 0.15) is 11.5 Å². The van der Waals surface area contributed by atoms with E-state index in [0.29, 0.717) is 10.9 Å². The number of amides is 1. The molecule has 2 aromatic carbocycles. The first-order valence-electron chi connectivity index (χ1n) is 8.21. The van der Waals surface area contributed by atoms with Gasteiger partial charge in [-0.1, -0.05) is 24.3 Å². The fourth-order valence-electron chi connectivity index (χ4n) is 3.01. The third kappa shape index (κ3) is 3.45. The minimum absolute atomic E-state index is 0.0778. The highest BCUT2D eigenvalue weighted by Gasteiger charge is 2.25. The van der Waals surface area contributed by atoms with Gasteiger partial charge in [0.15, 0.2) is 15.0 Å². The Bertz CT molecular complexity index is 1120. The van der Waals surface area contributed by atoms with Crippen LogP contribution in [0.4, 0.5) is 5.13 Å². The van der Waals surface area contributed by atoms with Gasteiger partial charge >= 0.3 is 0 Å². The zero-order valence-corrected chi connectivity index (χ0v) is 16.1. The lowest BCUT2D eigenvalue weighted by Gasteiger charge is -2.06. The Morgan fingerprint density at radius 3 is 2.67 bits per heavy atom. The molecule has 27 heavy (non-hydrogen) atoms. The van der Waals surface area contributed by atoms with E-state index in [1.165, 1.54) is 36.1 Å². The van der Waals surface area contributed by atoms with Crippen molar-refractivity contribution >= 4 is 32.2 Å². The quantitative estimate of drug-likeness (QED) is 0.556. The second-order valence-corrected chi connectivity index (χ2v) is 9.18. The standard InChI is InChI=1S/C19H16N2O4S2/c1-25-13-6-8-14(9-7-13)27(23,24)11-17(22)20-19-21-18-15-5-3-2-4-12(15)10-16(18)26-19/h2-9H,10-11H2,1H3,(H,20,21,22). The van der Waals surface area contributed by atoms with E-state index in [0.717, 1.165) is 22.6 Å². The van der Waals surface area contributed by atoms with Crippen LogP contribution >= 0.6 is 11.3 Å². The maximum absolute atomic E-state index is 12.4. The Labute approximate surface area is 160 Å². The predicted molar refractivity (Wildman–Crippen MR) is 104 cm³/mol. The monoisotopic (exact) mass is 400 g/mol. The van der Waals surface area contributed by atoms with Gasteiger partial charge in [-0.3, -0.25) is 4.79 Å². The van der Waals surface area contributed by atoms with Gasteiger partial charge in [0.25, 0.3) is 0 Å². The van der Waals surface area contributed by atoms with Crippen LogP contribution in [-0.2, 0) is 21.1 Å². The lowest BCUT2D eigenvalue weighted by Crippen LogP contribution is -2.23. The van der Waals surface area contributed by atoms with Crippen molar-refractivity contribution in [2.24, 2.45) is 0 Å². The molecule has 0 atom stereocenters. The number of anilines is 1. The van der Waals surface area contributed by atoms with Gasteiger partial charge in [-0.05, 0) is 29.8 Å². The molecule has 1 aromatic heterocycles. The summed E-state index contributed by atoms with van der Waals surface area (Å²) in [5.74, 6) is -0.692. The second-order valence-electron chi connectivity index (χ2n) is 6.11. The van der Waals surface area contributed by atoms with E-state index in [1.807, 2.05) is 18.2 Å². The minimum Gasteiger partial charge on any atom is -0.497 e. The molecule has 6 nitrogen and oxygen atoms in total. The number of ether oxygens (including phenoxy) is 1. The molecule has 1 amide bonds. The molecule has 1 N–H and O–H groups in total. The molecular weight excluding hydrogens is 384 g/mol. The van der Waals surface area contributed by atoms with Gasteiger partial charge in [0, 0.05) is 16.9 Å². The molecule has 1 aliphatic carbocycles.